The second-order valence-corrected chi connectivity index (χ2v) is 2.76. The molecule has 0 bridgehead atoms. The molecule has 4 heteroatoms. The first-order valence-electron chi connectivity index (χ1n) is 3.92. The van der Waals surface area contributed by atoms with Gasteiger partial charge in [-0.25, -0.2) is 4.98 Å². The van der Waals surface area contributed by atoms with Crippen molar-refractivity contribution in [1.82, 2.24) is 9.97 Å². The summed E-state index contributed by atoms with van der Waals surface area (Å²) in [5, 5.41) is 8.74. The molecule has 0 spiro atoms. The summed E-state index contributed by atoms with van der Waals surface area (Å²) in [4.78, 5) is 7.07. The summed E-state index contributed by atoms with van der Waals surface area (Å²) in [5.74, 6) is 0.855. The van der Waals surface area contributed by atoms with Gasteiger partial charge in [0.1, 0.15) is 5.82 Å². The van der Waals surface area contributed by atoms with Crippen molar-refractivity contribution in [3.05, 3.63) is 17.7 Å². The smallest absolute Gasteiger partial charge is 0.108 e. The lowest BCUT2D eigenvalue weighted by Gasteiger charge is -2.05. The van der Waals surface area contributed by atoms with Crippen molar-refractivity contribution in [1.29, 1.82) is 0 Å². The molecule has 68 valence electrons. The van der Waals surface area contributed by atoms with E-state index in [0.29, 0.717) is 0 Å². The van der Waals surface area contributed by atoms with E-state index in [4.69, 9.17) is 9.84 Å². The molecule has 1 atom stereocenters. The van der Waals surface area contributed by atoms with Crippen LogP contribution in [-0.2, 0) is 17.8 Å². The topological polar surface area (TPSA) is 58.1 Å². The maximum absolute atomic E-state index is 8.74. The van der Waals surface area contributed by atoms with Crippen LogP contribution in [0.3, 0.4) is 0 Å². The molecule has 1 heterocycles. The van der Waals surface area contributed by atoms with Gasteiger partial charge in [-0.05, 0) is 6.92 Å². The Bertz CT molecular complexity index is 235. The van der Waals surface area contributed by atoms with Gasteiger partial charge < -0.3 is 14.8 Å². The van der Waals surface area contributed by atoms with E-state index in [2.05, 4.69) is 9.97 Å². The third-order valence-electron chi connectivity index (χ3n) is 1.73. The van der Waals surface area contributed by atoms with E-state index in [0.717, 1.165) is 17.9 Å². The third kappa shape index (κ3) is 2.32. The van der Waals surface area contributed by atoms with Gasteiger partial charge in [0.05, 0.1) is 24.6 Å². The quantitative estimate of drug-likeness (QED) is 0.691. The second-order valence-electron chi connectivity index (χ2n) is 2.76. The van der Waals surface area contributed by atoms with Crippen LogP contribution in [0.15, 0.2) is 6.20 Å². The molecule has 0 saturated heterocycles. The molecule has 0 aromatic carbocycles. The molecule has 1 unspecified atom stereocenters. The molecule has 0 aliphatic carbocycles. The normalized spacial score (nSPS) is 13.2. The standard InChI is InChI=1S/C8H14N2O2/c1-6(12-2)3-8-9-4-7(5-11)10-8/h4,6,11H,3,5H2,1-2H3,(H,9,10). The van der Waals surface area contributed by atoms with Crippen molar-refractivity contribution in [3.8, 4) is 0 Å². The Kier molecular flexibility index (Phi) is 3.25. The van der Waals surface area contributed by atoms with Gasteiger partial charge in [-0.3, -0.25) is 0 Å². The molecule has 0 fully saturated rings. The number of rotatable bonds is 4. The molecular formula is C8H14N2O2. The Morgan fingerprint density at radius 1 is 1.75 bits per heavy atom. The number of hydrogen-bond acceptors (Lipinski definition) is 3. The first-order chi connectivity index (χ1) is 5.76. The highest BCUT2D eigenvalue weighted by Crippen LogP contribution is 2.01. The summed E-state index contributed by atoms with van der Waals surface area (Å²) < 4.78 is 5.07. The van der Waals surface area contributed by atoms with Crippen molar-refractivity contribution < 1.29 is 9.84 Å². The van der Waals surface area contributed by atoms with Crippen molar-refractivity contribution in [2.75, 3.05) is 7.11 Å². The maximum atomic E-state index is 8.74. The number of nitrogens with one attached hydrogen (secondary N) is 1. The van der Waals surface area contributed by atoms with E-state index in [1.807, 2.05) is 6.92 Å². The minimum atomic E-state index is 0.00830. The minimum absolute atomic E-state index is 0.00830. The molecule has 1 aromatic rings. The van der Waals surface area contributed by atoms with Gasteiger partial charge in [0, 0.05) is 13.5 Å². The van der Waals surface area contributed by atoms with Crippen LogP contribution in [0.25, 0.3) is 0 Å². The van der Waals surface area contributed by atoms with Crippen LogP contribution in [0.5, 0.6) is 0 Å². The summed E-state index contributed by atoms with van der Waals surface area (Å²) in [6.45, 7) is 1.98. The van der Waals surface area contributed by atoms with Crippen LogP contribution in [-0.4, -0.2) is 28.3 Å². The average molecular weight is 170 g/mol. The summed E-state index contributed by atoms with van der Waals surface area (Å²) in [6.07, 6.45) is 2.54. The van der Waals surface area contributed by atoms with Gasteiger partial charge in [0.15, 0.2) is 0 Å². The van der Waals surface area contributed by atoms with Gasteiger partial charge in [0.2, 0.25) is 0 Å². The summed E-state index contributed by atoms with van der Waals surface area (Å²) >= 11 is 0. The fourth-order valence-corrected chi connectivity index (χ4v) is 0.945. The number of ether oxygens (including phenoxy) is 1. The van der Waals surface area contributed by atoms with E-state index >= 15 is 0 Å². The lowest BCUT2D eigenvalue weighted by Crippen LogP contribution is -2.09. The number of H-pyrrole nitrogens is 1. The molecule has 0 radical (unpaired) electrons. The van der Waals surface area contributed by atoms with Crippen LogP contribution < -0.4 is 0 Å². The Labute approximate surface area is 71.6 Å². The van der Waals surface area contributed by atoms with Gasteiger partial charge in [-0.15, -0.1) is 0 Å². The fraction of sp³-hybridized carbons (Fsp3) is 0.625. The van der Waals surface area contributed by atoms with E-state index in [1.165, 1.54) is 0 Å². The molecule has 1 aromatic heterocycles. The van der Waals surface area contributed by atoms with Crippen LogP contribution in [0.1, 0.15) is 18.4 Å². The first kappa shape index (κ1) is 9.22. The van der Waals surface area contributed by atoms with Crippen molar-refractivity contribution in [2.24, 2.45) is 0 Å². The molecule has 0 amide bonds. The summed E-state index contributed by atoms with van der Waals surface area (Å²) in [7, 11) is 1.67. The highest BCUT2D eigenvalue weighted by molar-refractivity contribution is 5.00. The molecular weight excluding hydrogens is 156 g/mol. The molecule has 1 rings (SSSR count). The van der Waals surface area contributed by atoms with E-state index < -0.39 is 0 Å². The zero-order valence-electron chi connectivity index (χ0n) is 7.37. The van der Waals surface area contributed by atoms with Crippen LogP contribution in [0.4, 0.5) is 0 Å². The number of aliphatic hydroxyl groups is 1. The third-order valence-corrected chi connectivity index (χ3v) is 1.73. The van der Waals surface area contributed by atoms with E-state index in [-0.39, 0.29) is 12.7 Å². The van der Waals surface area contributed by atoms with Crippen molar-refractivity contribution in [2.45, 2.75) is 26.1 Å². The number of imidazole rings is 1. The molecule has 2 N–H and O–H groups in total. The number of nitrogens with zero attached hydrogens (tertiary/aromatic N) is 1. The molecule has 0 saturated carbocycles. The van der Waals surface area contributed by atoms with Gasteiger partial charge in [-0.1, -0.05) is 0 Å². The van der Waals surface area contributed by atoms with Crippen LogP contribution in [0.2, 0.25) is 0 Å². The Hall–Kier alpha value is -0.870. The fourth-order valence-electron chi connectivity index (χ4n) is 0.945. The SMILES string of the molecule is COC(C)Cc1ncc(CO)[nH]1. The zero-order valence-corrected chi connectivity index (χ0v) is 7.37. The van der Waals surface area contributed by atoms with E-state index in [1.54, 1.807) is 13.3 Å². The predicted octanol–water partition coefficient (Wildman–Crippen LogP) is 0.479. The lowest BCUT2D eigenvalue weighted by atomic mass is 10.3. The number of aromatic amines is 1. The highest BCUT2D eigenvalue weighted by Gasteiger charge is 2.04. The minimum Gasteiger partial charge on any atom is -0.390 e. The lowest BCUT2D eigenvalue weighted by molar-refractivity contribution is 0.117. The van der Waals surface area contributed by atoms with Crippen LogP contribution in [0, 0.1) is 0 Å². The number of hydrogen-bond donors (Lipinski definition) is 2. The molecule has 0 aliphatic rings. The molecule has 4 nitrogen and oxygen atoms in total. The summed E-state index contributed by atoms with van der Waals surface area (Å²) in [5.41, 5.74) is 0.744. The number of methoxy groups -OCH3 is 1. The van der Waals surface area contributed by atoms with Gasteiger partial charge >= 0.3 is 0 Å². The number of aromatic nitrogens is 2. The Morgan fingerprint density at radius 2 is 2.50 bits per heavy atom. The first-order valence-corrected chi connectivity index (χ1v) is 3.92. The summed E-state index contributed by atoms with van der Waals surface area (Å²) in [6, 6.07) is 0. The zero-order chi connectivity index (χ0) is 8.97. The Balaban J connectivity index is 2.52. The Morgan fingerprint density at radius 3 is 3.00 bits per heavy atom. The van der Waals surface area contributed by atoms with E-state index in [9.17, 15) is 0 Å². The highest BCUT2D eigenvalue weighted by atomic mass is 16.5. The largest absolute Gasteiger partial charge is 0.390 e. The average Bonchev–Trinajstić information content (AvgIpc) is 2.52. The second kappa shape index (κ2) is 4.23. The van der Waals surface area contributed by atoms with Gasteiger partial charge in [0.25, 0.3) is 0 Å². The van der Waals surface area contributed by atoms with Gasteiger partial charge in [-0.2, -0.15) is 0 Å². The monoisotopic (exact) mass is 170 g/mol. The predicted molar refractivity (Wildman–Crippen MR) is 44.7 cm³/mol. The van der Waals surface area contributed by atoms with Crippen molar-refractivity contribution in [3.63, 3.8) is 0 Å². The maximum Gasteiger partial charge on any atom is 0.108 e. The molecule has 12 heavy (non-hydrogen) atoms. The van der Waals surface area contributed by atoms with Crippen molar-refractivity contribution >= 4 is 0 Å². The molecule has 0 aliphatic heterocycles. The number of aliphatic hydroxyl groups excluding tert-OH is 1. The van der Waals surface area contributed by atoms with Crippen LogP contribution >= 0.6 is 0 Å².